The second-order valence-corrected chi connectivity index (χ2v) is 5.33. The number of aliphatic hydroxyl groups is 2. The molecular formula is C14H19NO5. The monoisotopic (exact) mass is 281 g/mol. The Hall–Kier alpha value is -1.58. The van der Waals surface area contributed by atoms with Gasteiger partial charge >= 0.3 is 5.97 Å². The average molecular weight is 281 g/mol. The predicted octanol–water partition coefficient (Wildman–Crippen LogP) is 0.235. The maximum Gasteiger partial charge on any atom is 0.306 e. The van der Waals surface area contributed by atoms with Gasteiger partial charge in [-0.05, 0) is 25.7 Å². The molecule has 3 N–H and O–H groups in total. The summed E-state index contributed by atoms with van der Waals surface area (Å²) in [6.07, 6.45) is 0.0614. The van der Waals surface area contributed by atoms with Crippen molar-refractivity contribution < 1.29 is 25.0 Å². The molecule has 110 valence electrons. The Morgan fingerprint density at radius 3 is 3.00 bits per heavy atom. The molecule has 6 nitrogen and oxygen atoms in total. The molecule has 2 fully saturated rings. The van der Waals surface area contributed by atoms with Crippen LogP contribution in [0.2, 0.25) is 0 Å². The van der Waals surface area contributed by atoms with E-state index in [0.29, 0.717) is 12.8 Å². The summed E-state index contributed by atoms with van der Waals surface area (Å²) in [6, 6.07) is 0. The zero-order valence-electron chi connectivity index (χ0n) is 11.3. The van der Waals surface area contributed by atoms with E-state index in [9.17, 15) is 9.90 Å². The van der Waals surface area contributed by atoms with Gasteiger partial charge in [0.1, 0.15) is 12.7 Å². The average Bonchev–Trinajstić information content (AvgIpc) is 2.59. The normalized spacial score (nSPS) is 34.6. The van der Waals surface area contributed by atoms with Crippen LogP contribution in [0.5, 0.6) is 0 Å². The van der Waals surface area contributed by atoms with Gasteiger partial charge in [-0.2, -0.15) is 0 Å². The Morgan fingerprint density at radius 2 is 2.35 bits per heavy atom. The highest BCUT2D eigenvalue weighted by Gasteiger charge is 2.51. The minimum absolute atomic E-state index is 0.0596. The molecule has 0 bridgehead atoms. The highest BCUT2D eigenvalue weighted by Crippen LogP contribution is 2.48. The van der Waals surface area contributed by atoms with Crippen LogP contribution in [0.3, 0.4) is 0 Å². The summed E-state index contributed by atoms with van der Waals surface area (Å²) in [5.74, 6) is 5.03. The summed E-state index contributed by atoms with van der Waals surface area (Å²) in [4.78, 5) is 15.3. The number of aliphatic carboxylic acids is 1. The standard InChI is InChI=1S/C14H19NO5/c1-8(16)2-3-9-10-6-12(11(10)7-13(9)17)15-20-5-4-14(18)19/h8-11,13,16-17H,4-7H2,1H3,(H,18,19). The van der Waals surface area contributed by atoms with E-state index in [1.54, 1.807) is 6.92 Å². The van der Waals surface area contributed by atoms with E-state index < -0.39 is 18.2 Å². The number of hydrogen-bond acceptors (Lipinski definition) is 5. The Bertz CT molecular complexity index is 462. The molecule has 6 heteroatoms. The first-order chi connectivity index (χ1) is 9.49. The summed E-state index contributed by atoms with van der Waals surface area (Å²) in [5, 5.41) is 31.6. The van der Waals surface area contributed by atoms with Crippen LogP contribution in [-0.4, -0.2) is 45.8 Å². The second kappa shape index (κ2) is 6.25. The molecule has 20 heavy (non-hydrogen) atoms. The van der Waals surface area contributed by atoms with E-state index in [1.807, 2.05) is 0 Å². The molecule has 2 saturated carbocycles. The van der Waals surface area contributed by atoms with Gasteiger partial charge in [0.15, 0.2) is 0 Å². The van der Waals surface area contributed by atoms with Crippen molar-refractivity contribution in [3.05, 3.63) is 0 Å². The number of hydrogen-bond donors (Lipinski definition) is 3. The molecular weight excluding hydrogens is 262 g/mol. The van der Waals surface area contributed by atoms with Gasteiger partial charge in [0.25, 0.3) is 0 Å². The minimum atomic E-state index is -0.915. The van der Waals surface area contributed by atoms with Crippen molar-refractivity contribution >= 4 is 11.7 Å². The smallest absolute Gasteiger partial charge is 0.306 e. The Balaban J connectivity index is 1.86. The third-order valence-electron chi connectivity index (χ3n) is 3.81. The van der Waals surface area contributed by atoms with Crippen molar-refractivity contribution in [1.29, 1.82) is 0 Å². The van der Waals surface area contributed by atoms with Crippen molar-refractivity contribution in [3.8, 4) is 11.8 Å². The molecule has 2 aliphatic carbocycles. The lowest BCUT2D eigenvalue weighted by atomic mass is 9.71. The number of nitrogens with zero attached hydrogens (tertiary/aromatic N) is 1. The molecule has 5 atom stereocenters. The minimum Gasteiger partial charge on any atom is -0.481 e. The largest absolute Gasteiger partial charge is 0.481 e. The SMILES string of the molecule is CC(O)C#CC1C(O)CC2C(=NOCCC(=O)O)CC21. The van der Waals surface area contributed by atoms with Gasteiger partial charge in [-0.15, -0.1) is 0 Å². The number of aliphatic hydroxyl groups excluding tert-OH is 2. The van der Waals surface area contributed by atoms with Crippen LogP contribution in [0.15, 0.2) is 5.16 Å². The second-order valence-electron chi connectivity index (χ2n) is 5.33. The highest BCUT2D eigenvalue weighted by molar-refractivity contribution is 5.93. The topological polar surface area (TPSA) is 99.4 Å². The van der Waals surface area contributed by atoms with Crippen molar-refractivity contribution in [1.82, 2.24) is 0 Å². The van der Waals surface area contributed by atoms with Gasteiger partial charge in [0, 0.05) is 5.92 Å². The van der Waals surface area contributed by atoms with Gasteiger partial charge in [-0.25, -0.2) is 0 Å². The summed E-state index contributed by atoms with van der Waals surface area (Å²) < 4.78 is 0. The molecule has 0 aromatic heterocycles. The Morgan fingerprint density at radius 1 is 1.60 bits per heavy atom. The third-order valence-corrected chi connectivity index (χ3v) is 3.81. The first-order valence-corrected chi connectivity index (χ1v) is 6.76. The van der Waals surface area contributed by atoms with Crippen molar-refractivity contribution in [2.24, 2.45) is 22.9 Å². The molecule has 0 spiro atoms. The van der Waals surface area contributed by atoms with E-state index in [1.165, 1.54) is 0 Å². The zero-order valence-corrected chi connectivity index (χ0v) is 11.3. The summed E-state index contributed by atoms with van der Waals surface area (Å²) in [7, 11) is 0. The molecule has 0 aliphatic heterocycles. The molecule has 0 aromatic rings. The number of oxime groups is 1. The molecule has 2 rings (SSSR count). The van der Waals surface area contributed by atoms with Crippen LogP contribution >= 0.6 is 0 Å². The zero-order chi connectivity index (χ0) is 14.7. The first-order valence-electron chi connectivity index (χ1n) is 6.76. The maximum absolute atomic E-state index is 10.3. The third kappa shape index (κ3) is 3.30. The lowest BCUT2D eigenvalue weighted by molar-refractivity contribution is -0.138. The fraction of sp³-hybridized carbons (Fsp3) is 0.714. The predicted molar refractivity (Wildman–Crippen MR) is 70.8 cm³/mol. The molecule has 5 unspecified atom stereocenters. The molecule has 2 aliphatic rings. The van der Waals surface area contributed by atoms with E-state index in [-0.39, 0.29) is 30.8 Å². The fourth-order valence-electron chi connectivity index (χ4n) is 2.79. The van der Waals surface area contributed by atoms with Gasteiger partial charge in [0.05, 0.1) is 24.2 Å². The maximum atomic E-state index is 10.3. The van der Waals surface area contributed by atoms with Crippen molar-refractivity contribution in [2.75, 3.05) is 6.61 Å². The summed E-state index contributed by atoms with van der Waals surface area (Å²) in [5.41, 5.74) is 0.876. The van der Waals surface area contributed by atoms with E-state index in [2.05, 4.69) is 17.0 Å². The fourth-order valence-corrected chi connectivity index (χ4v) is 2.79. The van der Waals surface area contributed by atoms with Crippen LogP contribution in [0, 0.1) is 29.6 Å². The van der Waals surface area contributed by atoms with Crippen LogP contribution in [0.1, 0.15) is 26.2 Å². The molecule has 0 radical (unpaired) electrons. The van der Waals surface area contributed by atoms with Crippen molar-refractivity contribution in [3.63, 3.8) is 0 Å². The lowest BCUT2D eigenvalue weighted by Gasteiger charge is -2.33. The lowest BCUT2D eigenvalue weighted by Crippen LogP contribution is -2.36. The Labute approximate surface area is 117 Å². The molecule has 0 aromatic carbocycles. The van der Waals surface area contributed by atoms with E-state index >= 15 is 0 Å². The van der Waals surface area contributed by atoms with E-state index in [4.69, 9.17) is 15.1 Å². The van der Waals surface area contributed by atoms with Crippen molar-refractivity contribution in [2.45, 2.75) is 38.4 Å². The van der Waals surface area contributed by atoms with Gasteiger partial charge in [-0.1, -0.05) is 17.0 Å². The number of fused-ring (bicyclic) bond motifs is 1. The molecule has 0 saturated heterocycles. The van der Waals surface area contributed by atoms with Gasteiger partial charge in [-0.3, -0.25) is 4.79 Å². The first kappa shape index (κ1) is 14.8. The van der Waals surface area contributed by atoms with E-state index in [0.717, 1.165) is 5.71 Å². The quantitative estimate of drug-likeness (QED) is 0.389. The summed E-state index contributed by atoms with van der Waals surface area (Å²) >= 11 is 0. The number of carboxylic acids is 1. The number of rotatable bonds is 4. The van der Waals surface area contributed by atoms with Gasteiger partial charge < -0.3 is 20.2 Å². The Kier molecular flexibility index (Phi) is 4.63. The van der Waals surface area contributed by atoms with Crippen LogP contribution in [0.25, 0.3) is 0 Å². The summed E-state index contributed by atoms with van der Waals surface area (Å²) in [6.45, 7) is 1.65. The number of carboxylic acid groups (broad SMARTS) is 1. The van der Waals surface area contributed by atoms with Crippen LogP contribution < -0.4 is 0 Å². The highest BCUT2D eigenvalue weighted by atomic mass is 16.6. The number of carbonyl (C=O) groups is 1. The molecule has 0 amide bonds. The van der Waals surface area contributed by atoms with Crippen LogP contribution in [0.4, 0.5) is 0 Å². The van der Waals surface area contributed by atoms with Gasteiger partial charge in [0.2, 0.25) is 0 Å². The van der Waals surface area contributed by atoms with Crippen LogP contribution in [-0.2, 0) is 9.63 Å². The molecule has 0 heterocycles.